The fraction of sp³-hybridized carbons (Fsp3) is 0.581. The Morgan fingerprint density at radius 3 is 2.40 bits per heavy atom. The third kappa shape index (κ3) is 8.93. The number of rotatable bonds is 16. The topological polar surface area (TPSA) is 119 Å². The van der Waals surface area contributed by atoms with Crippen LogP contribution in [0.25, 0.3) is 0 Å². The number of likely N-dealkylation sites (N-methyl/N-ethyl adjacent to an activating group) is 1. The molecule has 0 spiro atoms. The summed E-state index contributed by atoms with van der Waals surface area (Å²) in [6.07, 6.45) is 8.66. The number of hydrogen-bond donors (Lipinski definition) is 2. The number of carbonyl (C=O) groups is 1. The highest BCUT2D eigenvalue weighted by atomic mass is 16.7. The van der Waals surface area contributed by atoms with Gasteiger partial charge in [0.1, 0.15) is 28.9 Å². The first-order valence-corrected chi connectivity index (χ1v) is 19.3. The van der Waals surface area contributed by atoms with E-state index in [-0.39, 0.29) is 44.2 Å². The summed E-state index contributed by atoms with van der Waals surface area (Å²) in [4.78, 5) is 21.3. The second kappa shape index (κ2) is 17.5. The molecular weight excluding hydrogens is 672 g/mol. The summed E-state index contributed by atoms with van der Waals surface area (Å²) in [5.74, 6) is 0.459. The van der Waals surface area contributed by atoms with Crippen molar-refractivity contribution < 1.29 is 38.8 Å². The van der Waals surface area contributed by atoms with E-state index < -0.39 is 29.4 Å². The molecule has 2 N–H and O–H groups in total. The predicted octanol–water partition coefficient (Wildman–Crippen LogP) is 8.62. The molecule has 0 aromatic heterocycles. The van der Waals surface area contributed by atoms with E-state index in [9.17, 15) is 15.0 Å². The van der Waals surface area contributed by atoms with Gasteiger partial charge in [-0.2, -0.15) is 0 Å². The average Bonchev–Trinajstić information content (AvgIpc) is 3.12. The van der Waals surface area contributed by atoms with Gasteiger partial charge in [0.2, 0.25) is 5.79 Å². The molecule has 6 unspecified atom stereocenters. The molecule has 2 aromatic rings. The molecule has 5 rings (SSSR count). The minimum Gasteiger partial charge on any atom is -0.459 e. The number of carbonyl (C=O) groups excluding carboxylic acids is 1. The molecule has 1 heterocycles. The van der Waals surface area contributed by atoms with Crippen molar-refractivity contribution in [2.24, 2.45) is 22.9 Å². The number of aryl methyl sites for hydroxylation is 2. The standard InChI is InChI=1S/C43H60N2O8/c1-9-23-50-43-38(45(8)41(48)49-10-2)27-36(44-53-42(5,6)7)34-25-30(15-11-13-21-46)33(16-12-14-22-47)39(40(34)43)35-26-32(19-20-37(35)52-43)51-31-18-17-28(3)29(4)24-31/h9,17-20,24-26,30,33,38-40,46-47H,1,10-16,21-23,27H2,2-8H3. The van der Waals surface area contributed by atoms with E-state index in [1.165, 1.54) is 5.56 Å². The Labute approximate surface area is 315 Å². The number of allylic oxidation sites excluding steroid dienone is 1. The third-order valence-electron chi connectivity index (χ3n) is 10.8. The fourth-order valence-corrected chi connectivity index (χ4v) is 8.25. The minimum absolute atomic E-state index is 0.108. The Morgan fingerprint density at radius 2 is 1.74 bits per heavy atom. The number of nitrogens with zero attached hydrogens (tertiary/aromatic N) is 2. The third-order valence-corrected chi connectivity index (χ3v) is 10.8. The molecule has 1 fully saturated rings. The van der Waals surface area contributed by atoms with Gasteiger partial charge in [0.25, 0.3) is 0 Å². The number of hydrogen-bond acceptors (Lipinski definition) is 9. The van der Waals surface area contributed by atoms with Gasteiger partial charge in [0.15, 0.2) is 0 Å². The summed E-state index contributed by atoms with van der Waals surface area (Å²) in [5, 5.41) is 24.5. The number of fused-ring (bicyclic) bond motifs is 2. The molecule has 2 aromatic carbocycles. The second-order valence-electron chi connectivity index (χ2n) is 15.6. The first-order chi connectivity index (χ1) is 25.4. The van der Waals surface area contributed by atoms with E-state index in [1.54, 1.807) is 24.9 Å². The molecule has 1 saturated carbocycles. The van der Waals surface area contributed by atoms with E-state index in [2.05, 4.69) is 38.6 Å². The van der Waals surface area contributed by atoms with E-state index >= 15 is 0 Å². The zero-order chi connectivity index (χ0) is 38.3. The van der Waals surface area contributed by atoms with Crippen molar-refractivity contribution in [1.29, 1.82) is 0 Å². The van der Waals surface area contributed by atoms with Gasteiger partial charge < -0.3 is 38.9 Å². The minimum atomic E-state index is -1.33. The summed E-state index contributed by atoms with van der Waals surface area (Å²) in [5.41, 5.74) is 4.50. The molecule has 1 amide bonds. The van der Waals surface area contributed by atoms with E-state index in [0.717, 1.165) is 53.8 Å². The fourth-order valence-electron chi connectivity index (χ4n) is 8.25. The van der Waals surface area contributed by atoms with Crippen molar-refractivity contribution in [3.8, 4) is 17.2 Å². The van der Waals surface area contributed by atoms with Gasteiger partial charge in [0.05, 0.1) is 24.8 Å². The maximum Gasteiger partial charge on any atom is 0.409 e. The van der Waals surface area contributed by atoms with E-state index in [0.29, 0.717) is 30.8 Å². The smallest absolute Gasteiger partial charge is 0.409 e. The van der Waals surface area contributed by atoms with Gasteiger partial charge in [-0.15, -0.1) is 6.58 Å². The Balaban J connectivity index is 1.77. The molecule has 10 heteroatoms. The van der Waals surface area contributed by atoms with Crippen molar-refractivity contribution in [3.63, 3.8) is 0 Å². The summed E-state index contributed by atoms with van der Waals surface area (Å²) in [6.45, 7) is 16.5. The van der Waals surface area contributed by atoms with E-state index in [1.807, 2.05) is 45.0 Å². The highest BCUT2D eigenvalue weighted by molar-refractivity contribution is 6.03. The van der Waals surface area contributed by atoms with Gasteiger partial charge in [-0.05, 0) is 126 Å². The van der Waals surface area contributed by atoms with Crippen LogP contribution in [-0.4, -0.2) is 77.8 Å². The molecule has 1 aliphatic heterocycles. The van der Waals surface area contributed by atoms with Gasteiger partial charge >= 0.3 is 6.09 Å². The zero-order valence-electron chi connectivity index (χ0n) is 32.7. The highest BCUT2D eigenvalue weighted by Crippen LogP contribution is 2.62. The monoisotopic (exact) mass is 732 g/mol. The lowest BCUT2D eigenvalue weighted by Crippen LogP contribution is -2.69. The molecular formula is C43H60N2O8. The van der Waals surface area contributed by atoms with E-state index in [4.69, 9.17) is 28.9 Å². The van der Waals surface area contributed by atoms with Crippen LogP contribution in [0.2, 0.25) is 0 Å². The molecule has 290 valence electrons. The van der Waals surface area contributed by atoms with Crippen molar-refractivity contribution in [3.05, 3.63) is 77.4 Å². The first kappa shape index (κ1) is 40.3. The van der Waals surface area contributed by atoms with Crippen LogP contribution in [0.3, 0.4) is 0 Å². The Hall–Kier alpha value is -3.86. The van der Waals surface area contributed by atoms with Gasteiger partial charge in [-0.1, -0.05) is 36.2 Å². The van der Waals surface area contributed by atoms with Crippen LogP contribution in [0.5, 0.6) is 17.2 Å². The van der Waals surface area contributed by atoms with Crippen molar-refractivity contribution in [2.75, 3.05) is 33.5 Å². The number of amides is 1. The summed E-state index contributed by atoms with van der Waals surface area (Å²) in [7, 11) is 1.73. The lowest BCUT2D eigenvalue weighted by atomic mass is 9.55. The molecule has 10 nitrogen and oxygen atoms in total. The van der Waals surface area contributed by atoms with Crippen LogP contribution < -0.4 is 9.47 Å². The van der Waals surface area contributed by atoms with Crippen LogP contribution in [0, 0.1) is 31.6 Å². The van der Waals surface area contributed by atoms with Crippen LogP contribution >= 0.6 is 0 Å². The molecule has 3 aliphatic rings. The lowest BCUT2D eigenvalue weighted by Gasteiger charge is -2.59. The number of unbranched alkanes of at least 4 members (excludes halogenated alkanes) is 2. The summed E-state index contributed by atoms with van der Waals surface area (Å²) >= 11 is 0. The quantitative estimate of drug-likeness (QED) is 0.100. The normalized spacial score (nSPS) is 25.4. The highest BCUT2D eigenvalue weighted by Gasteiger charge is 2.65. The summed E-state index contributed by atoms with van der Waals surface area (Å²) < 4.78 is 26.1. The van der Waals surface area contributed by atoms with Crippen molar-refractivity contribution in [1.82, 2.24) is 4.90 Å². The molecule has 6 atom stereocenters. The molecule has 0 saturated heterocycles. The zero-order valence-corrected chi connectivity index (χ0v) is 32.7. The Bertz CT molecular complexity index is 1650. The number of aliphatic hydroxyl groups is 2. The first-order valence-electron chi connectivity index (χ1n) is 19.3. The van der Waals surface area contributed by atoms with Crippen LogP contribution in [0.15, 0.2) is 65.9 Å². The van der Waals surface area contributed by atoms with Gasteiger partial charge in [0, 0.05) is 38.2 Å². The molecule has 53 heavy (non-hydrogen) atoms. The van der Waals surface area contributed by atoms with Crippen molar-refractivity contribution in [2.45, 2.75) is 110 Å². The largest absolute Gasteiger partial charge is 0.459 e. The summed E-state index contributed by atoms with van der Waals surface area (Å²) in [6, 6.07) is 11.4. The maximum absolute atomic E-state index is 13.6. The number of ether oxygens (including phenoxy) is 4. The van der Waals surface area contributed by atoms with Crippen molar-refractivity contribution >= 4 is 11.8 Å². The van der Waals surface area contributed by atoms with Crippen LogP contribution in [0.1, 0.15) is 95.2 Å². The SMILES string of the molecule is C=CCOC12Oc3ccc(Oc4ccc(C)c(C)c4)cc3C3C(CCCCO)C(CCCCO)C=C(C(=NOC(C)(C)C)CC1N(C)C(=O)OCC)C32. The molecule has 0 bridgehead atoms. The Morgan fingerprint density at radius 1 is 1.04 bits per heavy atom. The Kier molecular flexibility index (Phi) is 13.3. The number of benzene rings is 2. The van der Waals surface area contributed by atoms with Crippen LogP contribution in [-0.2, 0) is 14.3 Å². The number of oxime groups is 1. The average molecular weight is 733 g/mol. The molecule has 2 aliphatic carbocycles. The second-order valence-corrected chi connectivity index (χ2v) is 15.6. The predicted molar refractivity (Wildman–Crippen MR) is 207 cm³/mol. The van der Waals surface area contributed by atoms with Crippen LogP contribution in [0.4, 0.5) is 4.79 Å². The van der Waals surface area contributed by atoms with Gasteiger partial charge in [-0.25, -0.2) is 4.79 Å². The maximum atomic E-state index is 13.6. The lowest BCUT2D eigenvalue weighted by molar-refractivity contribution is -0.253. The van der Waals surface area contributed by atoms with Gasteiger partial charge in [-0.3, -0.25) is 0 Å². The molecule has 0 radical (unpaired) electrons. The number of aliphatic hydroxyl groups excluding tert-OH is 2.